The second-order valence-corrected chi connectivity index (χ2v) is 8.02. The SMILES string of the molecule is C=CCNS(=O)(=O)c1cccc(C(=O)O[C@@H](C)C(=O)Nc2ccc(CC)cc2)c1. The highest BCUT2D eigenvalue weighted by Gasteiger charge is 2.21. The van der Waals surface area contributed by atoms with Crippen LogP contribution in [0.4, 0.5) is 5.69 Å². The third-order valence-corrected chi connectivity index (χ3v) is 5.50. The molecule has 0 radical (unpaired) electrons. The highest BCUT2D eigenvalue weighted by molar-refractivity contribution is 7.89. The summed E-state index contributed by atoms with van der Waals surface area (Å²) in [6, 6.07) is 12.8. The number of rotatable bonds is 9. The predicted octanol–water partition coefficient (Wildman–Crippen LogP) is 2.90. The highest BCUT2D eigenvalue weighted by atomic mass is 32.2. The molecule has 0 saturated carbocycles. The Kier molecular flexibility index (Phi) is 7.69. The fourth-order valence-electron chi connectivity index (χ4n) is 2.39. The van der Waals surface area contributed by atoms with Crippen molar-refractivity contribution < 1.29 is 22.7 Å². The molecule has 2 aromatic carbocycles. The lowest BCUT2D eigenvalue weighted by atomic mass is 10.1. The molecule has 0 aliphatic heterocycles. The molecule has 0 spiro atoms. The van der Waals surface area contributed by atoms with E-state index in [0.29, 0.717) is 5.69 Å². The number of esters is 1. The monoisotopic (exact) mass is 416 g/mol. The molecule has 0 saturated heterocycles. The maximum Gasteiger partial charge on any atom is 0.338 e. The zero-order valence-corrected chi connectivity index (χ0v) is 17.2. The molecule has 0 unspecified atom stereocenters. The van der Waals surface area contributed by atoms with Gasteiger partial charge in [0, 0.05) is 12.2 Å². The van der Waals surface area contributed by atoms with Crippen LogP contribution in [0, 0.1) is 0 Å². The average molecular weight is 416 g/mol. The van der Waals surface area contributed by atoms with Gasteiger partial charge in [0.1, 0.15) is 0 Å². The van der Waals surface area contributed by atoms with Gasteiger partial charge in [0.25, 0.3) is 5.91 Å². The van der Waals surface area contributed by atoms with Gasteiger partial charge < -0.3 is 10.1 Å². The van der Waals surface area contributed by atoms with E-state index in [4.69, 9.17) is 4.74 Å². The molecular formula is C21H24N2O5S. The molecule has 0 aliphatic rings. The lowest BCUT2D eigenvalue weighted by Crippen LogP contribution is -2.30. The summed E-state index contributed by atoms with van der Waals surface area (Å²) >= 11 is 0. The standard InChI is InChI=1S/C21H24N2O5S/c1-4-13-22-29(26,27)19-8-6-7-17(14-19)21(25)28-15(3)20(24)23-18-11-9-16(5-2)10-12-18/h4,6-12,14-15,22H,1,5,13H2,2-3H3,(H,23,24)/t15-/m0/s1. The molecule has 154 valence electrons. The quantitative estimate of drug-likeness (QED) is 0.483. The summed E-state index contributed by atoms with van der Waals surface area (Å²) in [5, 5.41) is 2.68. The highest BCUT2D eigenvalue weighted by Crippen LogP contribution is 2.14. The number of hydrogen-bond donors (Lipinski definition) is 2. The summed E-state index contributed by atoms with van der Waals surface area (Å²) in [7, 11) is -3.78. The lowest BCUT2D eigenvalue weighted by molar-refractivity contribution is -0.123. The van der Waals surface area contributed by atoms with Gasteiger partial charge in [-0.25, -0.2) is 17.9 Å². The van der Waals surface area contributed by atoms with Crippen LogP contribution in [-0.2, 0) is 26.0 Å². The van der Waals surface area contributed by atoms with Crippen molar-refractivity contribution in [1.82, 2.24) is 4.72 Å². The first-order chi connectivity index (χ1) is 13.8. The van der Waals surface area contributed by atoms with E-state index in [2.05, 4.69) is 16.6 Å². The molecule has 1 atom stereocenters. The van der Waals surface area contributed by atoms with Crippen molar-refractivity contribution in [2.45, 2.75) is 31.3 Å². The molecule has 0 fully saturated rings. The van der Waals surface area contributed by atoms with Gasteiger partial charge in [-0.2, -0.15) is 0 Å². The van der Waals surface area contributed by atoms with E-state index in [-0.39, 0.29) is 17.0 Å². The zero-order chi connectivity index (χ0) is 21.4. The van der Waals surface area contributed by atoms with Crippen LogP contribution in [0.2, 0.25) is 0 Å². The van der Waals surface area contributed by atoms with Crippen LogP contribution in [-0.4, -0.2) is 32.9 Å². The first-order valence-electron chi connectivity index (χ1n) is 9.08. The molecule has 8 heteroatoms. The van der Waals surface area contributed by atoms with Crippen molar-refractivity contribution in [1.29, 1.82) is 0 Å². The summed E-state index contributed by atoms with van der Waals surface area (Å²) in [4.78, 5) is 24.5. The van der Waals surface area contributed by atoms with Crippen LogP contribution in [0.25, 0.3) is 0 Å². The van der Waals surface area contributed by atoms with Gasteiger partial charge in [-0.05, 0) is 49.2 Å². The van der Waals surface area contributed by atoms with Crippen LogP contribution in [0.5, 0.6) is 0 Å². The predicted molar refractivity (Wildman–Crippen MR) is 111 cm³/mol. The van der Waals surface area contributed by atoms with E-state index in [0.717, 1.165) is 12.0 Å². The van der Waals surface area contributed by atoms with Crippen LogP contribution in [0.1, 0.15) is 29.8 Å². The Morgan fingerprint density at radius 1 is 1.17 bits per heavy atom. The van der Waals surface area contributed by atoms with Crippen molar-refractivity contribution in [2.24, 2.45) is 0 Å². The minimum absolute atomic E-state index is 0.0263. The van der Waals surface area contributed by atoms with E-state index in [1.807, 2.05) is 19.1 Å². The van der Waals surface area contributed by atoms with E-state index in [9.17, 15) is 18.0 Å². The lowest BCUT2D eigenvalue weighted by Gasteiger charge is -2.14. The number of carbonyl (C=O) groups is 2. The van der Waals surface area contributed by atoms with Gasteiger partial charge in [-0.1, -0.05) is 31.2 Å². The van der Waals surface area contributed by atoms with Crippen molar-refractivity contribution in [3.63, 3.8) is 0 Å². The van der Waals surface area contributed by atoms with E-state index >= 15 is 0 Å². The average Bonchev–Trinajstić information content (AvgIpc) is 2.72. The van der Waals surface area contributed by atoms with E-state index in [1.165, 1.54) is 37.3 Å². The van der Waals surface area contributed by atoms with Gasteiger partial charge in [0.15, 0.2) is 6.10 Å². The number of amides is 1. The number of benzene rings is 2. The number of ether oxygens (including phenoxy) is 1. The number of hydrogen-bond acceptors (Lipinski definition) is 5. The Morgan fingerprint density at radius 2 is 1.86 bits per heavy atom. The Bertz CT molecular complexity index is 984. The molecule has 0 heterocycles. The van der Waals surface area contributed by atoms with Crippen LogP contribution >= 0.6 is 0 Å². The minimum Gasteiger partial charge on any atom is -0.449 e. The first kappa shape index (κ1) is 22.3. The van der Waals surface area contributed by atoms with Crippen LogP contribution in [0.3, 0.4) is 0 Å². The zero-order valence-electron chi connectivity index (χ0n) is 16.3. The smallest absolute Gasteiger partial charge is 0.338 e. The van der Waals surface area contributed by atoms with Crippen LogP contribution in [0.15, 0.2) is 66.1 Å². The van der Waals surface area contributed by atoms with Gasteiger partial charge in [0.05, 0.1) is 10.5 Å². The second kappa shape index (κ2) is 9.99. The second-order valence-electron chi connectivity index (χ2n) is 6.26. The minimum atomic E-state index is -3.78. The number of carbonyl (C=O) groups excluding carboxylic acids is 2. The summed E-state index contributed by atoms with van der Waals surface area (Å²) in [5.74, 6) is -1.28. The molecular weight excluding hydrogens is 392 g/mol. The Morgan fingerprint density at radius 3 is 2.48 bits per heavy atom. The van der Waals surface area contributed by atoms with E-state index in [1.54, 1.807) is 12.1 Å². The summed E-state index contributed by atoms with van der Waals surface area (Å²) in [5.41, 5.74) is 1.76. The van der Waals surface area contributed by atoms with Gasteiger partial charge in [-0.3, -0.25) is 4.79 Å². The van der Waals surface area contributed by atoms with Crippen molar-refractivity contribution in [3.8, 4) is 0 Å². The molecule has 2 rings (SSSR count). The molecule has 7 nitrogen and oxygen atoms in total. The number of nitrogens with one attached hydrogen (secondary N) is 2. The van der Waals surface area contributed by atoms with Gasteiger partial charge in [-0.15, -0.1) is 6.58 Å². The van der Waals surface area contributed by atoms with Gasteiger partial charge in [0.2, 0.25) is 10.0 Å². The third-order valence-electron chi connectivity index (χ3n) is 4.08. The van der Waals surface area contributed by atoms with Gasteiger partial charge >= 0.3 is 5.97 Å². The molecule has 0 aliphatic carbocycles. The molecule has 2 N–H and O–H groups in total. The summed E-state index contributed by atoms with van der Waals surface area (Å²) < 4.78 is 31.8. The Labute approximate surface area is 170 Å². The largest absolute Gasteiger partial charge is 0.449 e. The molecule has 29 heavy (non-hydrogen) atoms. The summed E-state index contributed by atoms with van der Waals surface area (Å²) in [6.45, 7) is 6.99. The van der Waals surface area contributed by atoms with Crippen molar-refractivity contribution >= 4 is 27.6 Å². The normalized spacial score (nSPS) is 12.1. The molecule has 1 amide bonds. The fourth-order valence-corrected chi connectivity index (χ4v) is 3.44. The molecule has 2 aromatic rings. The van der Waals surface area contributed by atoms with Crippen LogP contribution < -0.4 is 10.0 Å². The topological polar surface area (TPSA) is 102 Å². The van der Waals surface area contributed by atoms with E-state index < -0.39 is 28.0 Å². The maximum atomic E-state index is 12.4. The third kappa shape index (κ3) is 6.27. The number of anilines is 1. The van der Waals surface area contributed by atoms with Crippen molar-refractivity contribution in [3.05, 3.63) is 72.3 Å². The molecule has 0 bridgehead atoms. The maximum absolute atomic E-state index is 12.4. The first-order valence-corrected chi connectivity index (χ1v) is 10.6. The summed E-state index contributed by atoms with van der Waals surface area (Å²) in [6.07, 6.45) is 1.24. The Hall–Kier alpha value is -2.97. The number of sulfonamides is 1. The molecule has 0 aromatic heterocycles. The number of aryl methyl sites for hydroxylation is 1. The fraction of sp³-hybridized carbons (Fsp3) is 0.238. The van der Waals surface area contributed by atoms with Crippen molar-refractivity contribution in [2.75, 3.05) is 11.9 Å². The Balaban J connectivity index is 2.04.